The Morgan fingerprint density at radius 2 is 1.83 bits per heavy atom. The number of methoxy groups -OCH3 is 1. The lowest BCUT2D eigenvalue weighted by Crippen LogP contribution is -3.13. The van der Waals surface area contributed by atoms with Gasteiger partial charge in [0.05, 0.1) is 13.2 Å². The van der Waals surface area contributed by atoms with Crippen molar-refractivity contribution in [3.8, 4) is 5.75 Å². The van der Waals surface area contributed by atoms with Gasteiger partial charge in [-0.05, 0) is 45.0 Å². The fourth-order valence-electron chi connectivity index (χ4n) is 2.60. The van der Waals surface area contributed by atoms with Crippen molar-refractivity contribution in [2.45, 2.75) is 51.7 Å². The highest BCUT2D eigenvalue weighted by atomic mass is 16.5. The van der Waals surface area contributed by atoms with Crippen LogP contribution in [0.25, 0.3) is 0 Å². The lowest BCUT2D eigenvalue weighted by atomic mass is 10.1. The van der Waals surface area contributed by atoms with Crippen LogP contribution in [0.2, 0.25) is 0 Å². The summed E-state index contributed by atoms with van der Waals surface area (Å²) in [7, 11) is 1.64. The van der Waals surface area contributed by atoms with E-state index in [0.717, 1.165) is 30.7 Å². The lowest BCUT2D eigenvalue weighted by molar-refractivity contribution is -0.917. The van der Waals surface area contributed by atoms with E-state index in [1.165, 1.54) is 4.90 Å². The minimum atomic E-state index is -0.438. The Morgan fingerprint density at radius 1 is 1.21 bits per heavy atom. The number of imide groups is 1. The molecule has 0 spiro atoms. The Labute approximate surface area is 143 Å². The molecule has 0 radical (unpaired) electrons. The van der Waals surface area contributed by atoms with E-state index in [2.05, 4.69) is 10.6 Å². The summed E-state index contributed by atoms with van der Waals surface area (Å²) in [5.74, 6) is 0.579. The van der Waals surface area contributed by atoms with E-state index < -0.39 is 6.03 Å². The third kappa shape index (κ3) is 6.20. The van der Waals surface area contributed by atoms with Crippen molar-refractivity contribution in [2.75, 3.05) is 13.7 Å². The third-order valence-electron chi connectivity index (χ3n) is 3.87. The zero-order chi connectivity index (χ0) is 17.7. The minimum absolute atomic E-state index is 0.243. The van der Waals surface area contributed by atoms with Crippen LogP contribution in [0.3, 0.4) is 0 Å². The highest BCUT2D eigenvalue weighted by Crippen LogP contribution is 2.16. The van der Waals surface area contributed by atoms with Crippen LogP contribution in [-0.4, -0.2) is 37.2 Å². The van der Waals surface area contributed by atoms with Crippen LogP contribution >= 0.6 is 0 Å². The van der Waals surface area contributed by atoms with Gasteiger partial charge in [-0.1, -0.05) is 0 Å². The van der Waals surface area contributed by atoms with E-state index in [1.54, 1.807) is 7.11 Å². The monoisotopic (exact) mass is 334 g/mol. The molecule has 1 atom stereocenters. The molecule has 1 fully saturated rings. The van der Waals surface area contributed by atoms with Gasteiger partial charge < -0.3 is 15.0 Å². The van der Waals surface area contributed by atoms with Crippen molar-refractivity contribution >= 4 is 11.9 Å². The van der Waals surface area contributed by atoms with Crippen LogP contribution in [0, 0.1) is 0 Å². The zero-order valence-electron chi connectivity index (χ0n) is 14.9. The number of rotatable bonds is 6. The van der Waals surface area contributed by atoms with Crippen LogP contribution < -0.4 is 20.3 Å². The van der Waals surface area contributed by atoms with Crippen molar-refractivity contribution in [3.63, 3.8) is 0 Å². The molecule has 0 aromatic heterocycles. The number of hydrogen-bond donors (Lipinski definition) is 3. The van der Waals surface area contributed by atoms with Crippen molar-refractivity contribution in [1.82, 2.24) is 10.6 Å². The van der Waals surface area contributed by atoms with Crippen LogP contribution in [0.1, 0.15) is 39.2 Å². The molecule has 1 saturated carbocycles. The molecular formula is C18H28N3O3+. The van der Waals surface area contributed by atoms with Crippen LogP contribution in [-0.2, 0) is 11.3 Å². The standard InChI is InChI=1S/C18H27N3O3/c1-18(2,3)20-17(23)19-16(22)12-21(14-7-8-14)11-13-5-9-15(24-4)10-6-13/h5-6,9-10,14H,7-8,11-12H2,1-4H3,(H2,19,20,22,23)/p+1. The number of hydrogen-bond acceptors (Lipinski definition) is 3. The molecule has 1 aliphatic rings. The predicted octanol–water partition coefficient (Wildman–Crippen LogP) is 0.867. The van der Waals surface area contributed by atoms with Crippen molar-refractivity contribution in [1.29, 1.82) is 0 Å². The first-order valence-corrected chi connectivity index (χ1v) is 8.36. The van der Waals surface area contributed by atoms with Gasteiger partial charge in [-0.3, -0.25) is 10.1 Å². The first kappa shape index (κ1) is 18.3. The second kappa shape index (κ2) is 7.66. The second-order valence-electron chi connectivity index (χ2n) is 7.39. The zero-order valence-corrected chi connectivity index (χ0v) is 14.9. The highest BCUT2D eigenvalue weighted by Gasteiger charge is 2.35. The summed E-state index contributed by atoms with van der Waals surface area (Å²) in [5.41, 5.74) is 0.792. The number of quaternary nitrogens is 1. The average Bonchev–Trinajstić information content (AvgIpc) is 3.29. The number of amides is 3. The van der Waals surface area contributed by atoms with Gasteiger partial charge in [0.15, 0.2) is 6.54 Å². The first-order chi connectivity index (χ1) is 11.3. The van der Waals surface area contributed by atoms with Gasteiger partial charge in [0.1, 0.15) is 12.3 Å². The maximum Gasteiger partial charge on any atom is 0.322 e. The third-order valence-corrected chi connectivity index (χ3v) is 3.87. The van der Waals surface area contributed by atoms with Gasteiger partial charge in [-0.25, -0.2) is 4.79 Å². The molecule has 1 aromatic carbocycles. The Bertz CT molecular complexity index is 574. The first-order valence-electron chi connectivity index (χ1n) is 8.36. The largest absolute Gasteiger partial charge is 0.497 e. The van der Waals surface area contributed by atoms with Crippen molar-refractivity contribution < 1.29 is 19.2 Å². The number of ether oxygens (including phenoxy) is 1. The Morgan fingerprint density at radius 3 is 2.33 bits per heavy atom. The molecule has 6 nitrogen and oxygen atoms in total. The summed E-state index contributed by atoms with van der Waals surface area (Å²) in [4.78, 5) is 25.2. The number of nitrogens with one attached hydrogen (secondary N) is 3. The molecule has 1 unspecified atom stereocenters. The maximum absolute atomic E-state index is 12.2. The lowest BCUT2D eigenvalue weighted by Gasteiger charge is -2.22. The van der Waals surface area contributed by atoms with E-state index in [9.17, 15) is 9.59 Å². The molecule has 3 amide bonds. The molecule has 132 valence electrons. The van der Waals surface area contributed by atoms with Gasteiger partial charge in [0.25, 0.3) is 5.91 Å². The van der Waals surface area contributed by atoms with E-state index in [0.29, 0.717) is 12.6 Å². The maximum atomic E-state index is 12.2. The van der Waals surface area contributed by atoms with Gasteiger partial charge in [0, 0.05) is 23.9 Å². The molecule has 1 aliphatic carbocycles. The fraction of sp³-hybridized carbons (Fsp3) is 0.556. The normalized spacial score (nSPS) is 15.5. The summed E-state index contributed by atoms with van der Waals surface area (Å²) < 4.78 is 5.17. The molecule has 2 rings (SSSR count). The summed E-state index contributed by atoms with van der Waals surface area (Å²) in [6.45, 7) is 6.70. The highest BCUT2D eigenvalue weighted by molar-refractivity contribution is 5.94. The molecular weight excluding hydrogens is 306 g/mol. The summed E-state index contributed by atoms with van der Waals surface area (Å²) in [6, 6.07) is 7.96. The number of benzene rings is 1. The Balaban J connectivity index is 1.88. The molecule has 0 bridgehead atoms. The SMILES string of the molecule is COc1ccc(C[NH+](CC(=O)NC(=O)NC(C)(C)C)C2CC2)cc1. The fourth-order valence-corrected chi connectivity index (χ4v) is 2.60. The van der Waals surface area contributed by atoms with Crippen LogP contribution in [0.15, 0.2) is 24.3 Å². The molecule has 1 aromatic rings. The molecule has 0 aliphatic heterocycles. The number of carbonyl (C=O) groups is 2. The molecule has 24 heavy (non-hydrogen) atoms. The van der Waals surface area contributed by atoms with Gasteiger partial charge >= 0.3 is 6.03 Å². The van der Waals surface area contributed by atoms with E-state index in [-0.39, 0.29) is 11.4 Å². The van der Waals surface area contributed by atoms with Crippen LogP contribution in [0.5, 0.6) is 5.75 Å². The average molecular weight is 334 g/mol. The number of carbonyl (C=O) groups excluding carboxylic acids is 2. The van der Waals surface area contributed by atoms with E-state index >= 15 is 0 Å². The molecule has 3 N–H and O–H groups in total. The summed E-state index contributed by atoms with van der Waals surface area (Å²) >= 11 is 0. The quantitative estimate of drug-likeness (QED) is 0.723. The summed E-state index contributed by atoms with van der Waals surface area (Å²) in [5, 5.41) is 5.16. The molecule has 0 saturated heterocycles. The Kier molecular flexibility index (Phi) is 5.83. The Hall–Kier alpha value is -2.08. The number of urea groups is 1. The van der Waals surface area contributed by atoms with E-state index in [1.807, 2.05) is 45.0 Å². The molecule has 0 heterocycles. The van der Waals surface area contributed by atoms with Crippen LogP contribution in [0.4, 0.5) is 4.79 Å². The predicted molar refractivity (Wildman–Crippen MR) is 92.0 cm³/mol. The second-order valence-corrected chi connectivity index (χ2v) is 7.39. The van der Waals surface area contributed by atoms with Crippen molar-refractivity contribution in [3.05, 3.63) is 29.8 Å². The topological polar surface area (TPSA) is 71.9 Å². The van der Waals surface area contributed by atoms with Gasteiger partial charge in [-0.2, -0.15) is 0 Å². The van der Waals surface area contributed by atoms with Gasteiger partial charge in [-0.15, -0.1) is 0 Å². The van der Waals surface area contributed by atoms with Gasteiger partial charge in [0.2, 0.25) is 0 Å². The molecule has 6 heteroatoms. The summed E-state index contributed by atoms with van der Waals surface area (Å²) in [6.07, 6.45) is 2.26. The van der Waals surface area contributed by atoms with E-state index in [4.69, 9.17) is 4.74 Å². The smallest absolute Gasteiger partial charge is 0.322 e. The minimum Gasteiger partial charge on any atom is -0.497 e. The van der Waals surface area contributed by atoms with Crippen molar-refractivity contribution in [2.24, 2.45) is 0 Å².